The van der Waals surface area contributed by atoms with Crippen molar-refractivity contribution in [1.29, 1.82) is 0 Å². The molecule has 8 nitrogen and oxygen atoms in total. The molecule has 4 heterocycles. The van der Waals surface area contributed by atoms with Crippen molar-refractivity contribution in [2.75, 3.05) is 18.1 Å². The van der Waals surface area contributed by atoms with Gasteiger partial charge in [0.1, 0.15) is 5.69 Å². The Hall–Kier alpha value is -3.46. The van der Waals surface area contributed by atoms with Gasteiger partial charge in [-0.05, 0) is 43.5 Å². The summed E-state index contributed by atoms with van der Waals surface area (Å²) in [5.74, 6) is 0.449. The minimum Gasteiger partial charge on any atom is -0.463 e. The summed E-state index contributed by atoms with van der Waals surface area (Å²) in [5.41, 5.74) is 3.23. The third-order valence-corrected chi connectivity index (χ3v) is 7.70. The molecule has 4 aromatic rings. The molecule has 1 amide bonds. The number of hydrogen-bond acceptors (Lipinski definition) is 6. The Morgan fingerprint density at radius 2 is 2.03 bits per heavy atom. The third-order valence-electron chi connectivity index (χ3n) is 5.95. The maximum atomic E-state index is 13.3. The Kier molecular flexibility index (Phi) is 5.49. The Bertz CT molecular complexity index is 1410. The fourth-order valence-corrected chi connectivity index (χ4v) is 6.02. The number of carbonyl (C=O) groups is 1. The van der Waals surface area contributed by atoms with Gasteiger partial charge >= 0.3 is 0 Å². The number of benzene rings is 1. The summed E-state index contributed by atoms with van der Waals surface area (Å²) in [4.78, 5) is 18.0. The zero-order valence-corrected chi connectivity index (χ0v) is 19.0. The molecule has 170 valence electrons. The number of pyridine rings is 1. The first-order chi connectivity index (χ1) is 15.9. The smallest absolute Gasteiger partial charge is 0.252 e. The van der Waals surface area contributed by atoms with Crippen LogP contribution in [0.1, 0.15) is 34.1 Å². The van der Waals surface area contributed by atoms with Gasteiger partial charge in [-0.15, -0.1) is 0 Å². The van der Waals surface area contributed by atoms with E-state index in [1.807, 2.05) is 37.3 Å². The number of nitrogens with zero attached hydrogens (tertiary/aromatic N) is 3. The van der Waals surface area contributed by atoms with Gasteiger partial charge in [-0.25, -0.2) is 18.1 Å². The van der Waals surface area contributed by atoms with Gasteiger partial charge in [0.05, 0.1) is 40.5 Å². The predicted octanol–water partition coefficient (Wildman–Crippen LogP) is 3.33. The van der Waals surface area contributed by atoms with Gasteiger partial charge in [-0.3, -0.25) is 4.79 Å². The Morgan fingerprint density at radius 3 is 2.73 bits per heavy atom. The van der Waals surface area contributed by atoms with Crippen LogP contribution in [0.25, 0.3) is 22.5 Å². The maximum Gasteiger partial charge on any atom is 0.252 e. The first-order valence-corrected chi connectivity index (χ1v) is 12.7. The number of aryl methyl sites for hydroxylation is 1. The number of carbonyl (C=O) groups excluding carboxylic acids is 1. The van der Waals surface area contributed by atoms with E-state index in [0.29, 0.717) is 53.1 Å². The average molecular weight is 465 g/mol. The van der Waals surface area contributed by atoms with E-state index < -0.39 is 9.84 Å². The number of fused-ring (bicyclic) bond motifs is 1. The summed E-state index contributed by atoms with van der Waals surface area (Å²) >= 11 is 0. The molecule has 1 saturated heterocycles. The number of aromatic nitrogens is 3. The van der Waals surface area contributed by atoms with Crippen LogP contribution in [0.3, 0.4) is 0 Å². The lowest BCUT2D eigenvalue weighted by Gasteiger charge is -2.12. The van der Waals surface area contributed by atoms with Gasteiger partial charge in [-0.1, -0.05) is 30.3 Å². The van der Waals surface area contributed by atoms with E-state index in [2.05, 4.69) is 10.4 Å². The maximum absolute atomic E-state index is 13.3. The van der Waals surface area contributed by atoms with E-state index in [1.54, 1.807) is 29.1 Å². The number of amides is 1. The van der Waals surface area contributed by atoms with Crippen molar-refractivity contribution < 1.29 is 17.6 Å². The largest absolute Gasteiger partial charge is 0.463 e. The number of furan rings is 1. The summed E-state index contributed by atoms with van der Waals surface area (Å²) in [6, 6.07) is 14.9. The second-order valence-corrected chi connectivity index (χ2v) is 10.5. The molecule has 1 fully saturated rings. The normalized spacial score (nSPS) is 17.4. The Morgan fingerprint density at radius 1 is 1.21 bits per heavy atom. The molecule has 3 aromatic heterocycles. The average Bonchev–Trinajstić information content (AvgIpc) is 3.53. The van der Waals surface area contributed by atoms with Crippen LogP contribution in [0.15, 0.2) is 59.2 Å². The standard InChI is InChI=1S/C24H24N4O4S/c1-16-22-19(24(29)25-11-9-17-6-3-2-4-7-17)14-20(21-8-5-12-32-21)26-23(22)28(27-16)18-10-13-33(30,31)15-18/h2-8,12,14,18H,9-11,13,15H2,1H3,(H,25,29). The molecule has 0 radical (unpaired) electrons. The summed E-state index contributed by atoms with van der Waals surface area (Å²) in [6.45, 7) is 2.30. The zero-order chi connectivity index (χ0) is 23.0. The Balaban J connectivity index is 1.53. The summed E-state index contributed by atoms with van der Waals surface area (Å²) in [5, 5.41) is 8.24. The number of hydrogen-bond donors (Lipinski definition) is 1. The van der Waals surface area contributed by atoms with Crippen molar-refractivity contribution in [2.45, 2.75) is 25.8 Å². The molecule has 1 N–H and O–H groups in total. The molecule has 1 atom stereocenters. The second-order valence-electron chi connectivity index (χ2n) is 8.31. The first-order valence-electron chi connectivity index (χ1n) is 10.9. The Labute approximate surface area is 191 Å². The van der Waals surface area contributed by atoms with E-state index in [0.717, 1.165) is 5.56 Å². The van der Waals surface area contributed by atoms with Gasteiger partial charge in [-0.2, -0.15) is 5.10 Å². The highest BCUT2D eigenvalue weighted by molar-refractivity contribution is 7.91. The van der Waals surface area contributed by atoms with Gasteiger partial charge in [0.2, 0.25) is 0 Å². The lowest BCUT2D eigenvalue weighted by molar-refractivity contribution is 0.0955. The van der Waals surface area contributed by atoms with Crippen LogP contribution in [0.2, 0.25) is 0 Å². The van der Waals surface area contributed by atoms with Crippen molar-refractivity contribution in [3.8, 4) is 11.5 Å². The van der Waals surface area contributed by atoms with Crippen LogP contribution in [0.5, 0.6) is 0 Å². The predicted molar refractivity (Wildman–Crippen MR) is 125 cm³/mol. The number of nitrogens with one attached hydrogen (secondary N) is 1. The van der Waals surface area contributed by atoms with Crippen molar-refractivity contribution in [2.24, 2.45) is 0 Å². The van der Waals surface area contributed by atoms with E-state index >= 15 is 0 Å². The van der Waals surface area contributed by atoms with E-state index in [-0.39, 0.29) is 23.5 Å². The monoisotopic (exact) mass is 464 g/mol. The highest BCUT2D eigenvalue weighted by atomic mass is 32.2. The van der Waals surface area contributed by atoms with E-state index in [9.17, 15) is 13.2 Å². The minimum absolute atomic E-state index is 0.0223. The van der Waals surface area contributed by atoms with Crippen LogP contribution < -0.4 is 5.32 Å². The van der Waals surface area contributed by atoms with E-state index in [4.69, 9.17) is 9.40 Å². The molecular formula is C24H24N4O4S. The van der Waals surface area contributed by atoms with Crippen LogP contribution in [-0.4, -0.2) is 47.1 Å². The molecule has 9 heteroatoms. The molecule has 1 unspecified atom stereocenters. The molecular weight excluding hydrogens is 440 g/mol. The lowest BCUT2D eigenvalue weighted by Crippen LogP contribution is -2.26. The summed E-state index contributed by atoms with van der Waals surface area (Å²) < 4.78 is 31.4. The molecule has 0 spiro atoms. The van der Waals surface area contributed by atoms with Crippen LogP contribution in [0.4, 0.5) is 0 Å². The fourth-order valence-electron chi connectivity index (χ4n) is 4.33. The van der Waals surface area contributed by atoms with Gasteiger partial charge < -0.3 is 9.73 Å². The van der Waals surface area contributed by atoms with Gasteiger partial charge in [0.25, 0.3) is 5.91 Å². The minimum atomic E-state index is -3.11. The molecule has 0 bridgehead atoms. The number of rotatable bonds is 6. The SMILES string of the molecule is Cc1nn(C2CCS(=O)(=O)C2)c2nc(-c3ccco3)cc(C(=O)NCCc3ccccc3)c12. The molecule has 0 aliphatic carbocycles. The zero-order valence-electron chi connectivity index (χ0n) is 18.2. The van der Waals surface area contributed by atoms with Crippen molar-refractivity contribution >= 4 is 26.8 Å². The highest BCUT2D eigenvalue weighted by Crippen LogP contribution is 2.32. The topological polar surface area (TPSA) is 107 Å². The summed E-state index contributed by atoms with van der Waals surface area (Å²) in [7, 11) is -3.11. The summed E-state index contributed by atoms with van der Waals surface area (Å²) in [6.07, 6.45) is 2.74. The first kappa shape index (κ1) is 21.4. The quantitative estimate of drug-likeness (QED) is 0.469. The molecule has 1 aliphatic rings. The van der Waals surface area contributed by atoms with Crippen molar-refractivity contribution in [3.63, 3.8) is 0 Å². The van der Waals surface area contributed by atoms with Crippen molar-refractivity contribution in [3.05, 3.63) is 71.6 Å². The van der Waals surface area contributed by atoms with Crippen LogP contribution in [0, 0.1) is 6.92 Å². The lowest BCUT2D eigenvalue weighted by atomic mass is 10.1. The van der Waals surface area contributed by atoms with Crippen LogP contribution >= 0.6 is 0 Å². The molecule has 1 aromatic carbocycles. The molecule has 1 aliphatic heterocycles. The number of sulfone groups is 1. The fraction of sp³-hybridized carbons (Fsp3) is 0.292. The van der Waals surface area contributed by atoms with Gasteiger partial charge in [0, 0.05) is 6.54 Å². The van der Waals surface area contributed by atoms with Gasteiger partial charge in [0.15, 0.2) is 21.2 Å². The molecule has 0 saturated carbocycles. The second kappa shape index (κ2) is 8.47. The third kappa shape index (κ3) is 4.28. The van der Waals surface area contributed by atoms with E-state index in [1.165, 1.54) is 0 Å². The molecule has 33 heavy (non-hydrogen) atoms. The van der Waals surface area contributed by atoms with Crippen molar-refractivity contribution in [1.82, 2.24) is 20.1 Å². The van der Waals surface area contributed by atoms with Crippen LogP contribution in [-0.2, 0) is 16.3 Å². The highest BCUT2D eigenvalue weighted by Gasteiger charge is 2.32. The molecule has 5 rings (SSSR count).